The van der Waals surface area contributed by atoms with Crippen LogP contribution in [0.3, 0.4) is 0 Å². The summed E-state index contributed by atoms with van der Waals surface area (Å²) in [6.45, 7) is 4.39. The third-order valence-electron chi connectivity index (χ3n) is 4.08. The lowest BCUT2D eigenvalue weighted by Crippen LogP contribution is -2.38. The van der Waals surface area contributed by atoms with E-state index in [9.17, 15) is 0 Å². The van der Waals surface area contributed by atoms with Crippen LogP contribution in [0.1, 0.15) is 31.4 Å². The first kappa shape index (κ1) is 13.7. The maximum atomic E-state index is 5.83. The van der Waals surface area contributed by atoms with E-state index in [1.807, 2.05) is 18.2 Å². The van der Waals surface area contributed by atoms with Crippen molar-refractivity contribution in [1.82, 2.24) is 5.43 Å². The van der Waals surface area contributed by atoms with E-state index in [4.69, 9.17) is 20.1 Å². The Hall–Kier alpha value is -1.30. The quantitative estimate of drug-likeness (QED) is 0.651. The first-order chi connectivity index (χ1) is 9.79. The average Bonchev–Trinajstić information content (AvgIpc) is 2.75. The fourth-order valence-electron chi connectivity index (χ4n) is 2.90. The highest BCUT2D eigenvalue weighted by Crippen LogP contribution is 2.36. The van der Waals surface area contributed by atoms with E-state index in [1.54, 1.807) is 0 Å². The SMILES string of the molecule is CC1CCOC1C(NN)c1ccc2c(c1)OCCCO2. The van der Waals surface area contributed by atoms with E-state index in [2.05, 4.69) is 12.3 Å². The molecule has 1 fully saturated rings. The van der Waals surface area contributed by atoms with Gasteiger partial charge in [0, 0.05) is 13.0 Å². The first-order valence-electron chi connectivity index (χ1n) is 7.27. The van der Waals surface area contributed by atoms with Gasteiger partial charge in [0.1, 0.15) is 0 Å². The van der Waals surface area contributed by atoms with Gasteiger partial charge in [0.25, 0.3) is 0 Å². The Balaban J connectivity index is 1.86. The maximum Gasteiger partial charge on any atom is 0.161 e. The number of fused-ring (bicyclic) bond motifs is 1. The van der Waals surface area contributed by atoms with Gasteiger partial charge < -0.3 is 14.2 Å². The van der Waals surface area contributed by atoms with E-state index in [-0.39, 0.29) is 12.1 Å². The van der Waals surface area contributed by atoms with Crippen LogP contribution in [0.15, 0.2) is 18.2 Å². The van der Waals surface area contributed by atoms with Gasteiger partial charge in [-0.05, 0) is 30.0 Å². The summed E-state index contributed by atoms with van der Waals surface area (Å²) in [4.78, 5) is 0. The Bertz CT molecular complexity index is 466. The summed E-state index contributed by atoms with van der Waals surface area (Å²) in [5, 5.41) is 0. The highest BCUT2D eigenvalue weighted by atomic mass is 16.5. The van der Waals surface area contributed by atoms with E-state index in [0.29, 0.717) is 19.1 Å². The molecule has 0 bridgehead atoms. The second-order valence-corrected chi connectivity index (χ2v) is 5.50. The first-order valence-corrected chi connectivity index (χ1v) is 7.27. The van der Waals surface area contributed by atoms with Gasteiger partial charge in [0.2, 0.25) is 0 Å². The molecule has 0 saturated carbocycles. The van der Waals surface area contributed by atoms with Crippen LogP contribution in [0.25, 0.3) is 0 Å². The zero-order chi connectivity index (χ0) is 13.9. The number of nitrogens with one attached hydrogen (secondary N) is 1. The summed E-state index contributed by atoms with van der Waals surface area (Å²) in [7, 11) is 0. The predicted octanol–water partition coefficient (Wildman–Crippen LogP) is 1.78. The minimum Gasteiger partial charge on any atom is -0.490 e. The molecule has 110 valence electrons. The second kappa shape index (κ2) is 5.99. The van der Waals surface area contributed by atoms with E-state index in [0.717, 1.165) is 36.5 Å². The van der Waals surface area contributed by atoms with Gasteiger partial charge in [0.05, 0.1) is 25.4 Å². The third-order valence-corrected chi connectivity index (χ3v) is 4.08. The van der Waals surface area contributed by atoms with Crippen LogP contribution in [0.4, 0.5) is 0 Å². The summed E-state index contributed by atoms with van der Waals surface area (Å²) < 4.78 is 17.2. The van der Waals surface area contributed by atoms with Crippen molar-refractivity contribution in [1.29, 1.82) is 0 Å². The molecule has 3 rings (SSSR count). The molecule has 1 aromatic rings. The van der Waals surface area contributed by atoms with E-state index in [1.165, 1.54) is 0 Å². The molecule has 1 saturated heterocycles. The highest BCUT2D eigenvalue weighted by molar-refractivity contribution is 5.44. The Kier molecular flexibility index (Phi) is 4.10. The highest BCUT2D eigenvalue weighted by Gasteiger charge is 2.33. The van der Waals surface area contributed by atoms with Gasteiger partial charge in [-0.25, -0.2) is 0 Å². The Morgan fingerprint density at radius 1 is 1.20 bits per heavy atom. The van der Waals surface area contributed by atoms with Crippen LogP contribution < -0.4 is 20.7 Å². The van der Waals surface area contributed by atoms with Gasteiger partial charge >= 0.3 is 0 Å². The van der Waals surface area contributed by atoms with Gasteiger partial charge in [-0.3, -0.25) is 11.3 Å². The number of hydrogen-bond donors (Lipinski definition) is 2. The normalized spacial score (nSPS) is 27.1. The number of ether oxygens (including phenoxy) is 3. The monoisotopic (exact) mass is 278 g/mol. The average molecular weight is 278 g/mol. The van der Waals surface area contributed by atoms with E-state index >= 15 is 0 Å². The molecule has 0 aromatic heterocycles. The van der Waals surface area contributed by atoms with Gasteiger partial charge in [-0.15, -0.1) is 0 Å². The zero-order valence-corrected chi connectivity index (χ0v) is 11.8. The van der Waals surface area contributed by atoms with Crippen LogP contribution in [-0.4, -0.2) is 25.9 Å². The van der Waals surface area contributed by atoms with Crippen molar-refractivity contribution in [3.05, 3.63) is 23.8 Å². The van der Waals surface area contributed by atoms with Crippen LogP contribution in [0.5, 0.6) is 11.5 Å². The molecule has 3 unspecified atom stereocenters. The van der Waals surface area contributed by atoms with Crippen molar-refractivity contribution < 1.29 is 14.2 Å². The molecule has 0 aliphatic carbocycles. The van der Waals surface area contributed by atoms with Crippen molar-refractivity contribution in [2.45, 2.75) is 31.9 Å². The molecule has 2 heterocycles. The number of hydrogen-bond acceptors (Lipinski definition) is 5. The minimum atomic E-state index is -0.0235. The molecule has 5 heteroatoms. The van der Waals surface area contributed by atoms with Crippen molar-refractivity contribution in [2.24, 2.45) is 11.8 Å². The third kappa shape index (κ3) is 2.61. The maximum absolute atomic E-state index is 5.83. The largest absolute Gasteiger partial charge is 0.490 e. The molecule has 2 aliphatic rings. The van der Waals surface area contributed by atoms with Crippen LogP contribution in [0, 0.1) is 5.92 Å². The Morgan fingerprint density at radius 3 is 2.70 bits per heavy atom. The molecule has 0 amide bonds. The summed E-state index contributed by atoms with van der Waals surface area (Å²) in [5.74, 6) is 7.85. The molecule has 0 radical (unpaired) electrons. The number of hydrazine groups is 1. The molecule has 3 N–H and O–H groups in total. The fourth-order valence-corrected chi connectivity index (χ4v) is 2.90. The molecule has 2 aliphatic heterocycles. The van der Waals surface area contributed by atoms with Crippen LogP contribution in [-0.2, 0) is 4.74 Å². The summed E-state index contributed by atoms with van der Waals surface area (Å²) in [6, 6.07) is 5.98. The predicted molar refractivity (Wildman–Crippen MR) is 75.6 cm³/mol. The lowest BCUT2D eigenvalue weighted by molar-refractivity contribution is 0.0606. The van der Waals surface area contributed by atoms with Gasteiger partial charge in [0.15, 0.2) is 11.5 Å². The molecule has 1 aromatic carbocycles. The number of benzene rings is 1. The second-order valence-electron chi connectivity index (χ2n) is 5.50. The fraction of sp³-hybridized carbons (Fsp3) is 0.600. The van der Waals surface area contributed by atoms with Crippen molar-refractivity contribution in [3.8, 4) is 11.5 Å². The standard InChI is InChI=1S/C15H22N2O3/c1-10-5-8-20-15(10)14(17-16)11-3-4-12-13(9-11)19-7-2-6-18-12/h3-4,9-10,14-15,17H,2,5-8,16H2,1H3. The van der Waals surface area contributed by atoms with Gasteiger partial charge in [-0.2, -0.15) is 0 Å². The topological polar surface area (TPSA) is 65.7 Å². The lowest BCUT2D eigenvalue weighted by atomic mass is 9.93. The Labute approximate surface area is 119 Å². The molecule has 5 nitrogen and oxygen atoms in total. The van der Waals surface area contributed by atoms with E-state index < -0.39 is 0 Å². The smallest absolute Gasteiger partial charge is 0.161 e. The van der Waals surface area contributed by atoms with Crippen molar-refractivity contribution >= 4 is 0 Å². The molecular weight excluding hydrogens is 256 g/mol. The minimum absolute atomic E-state index is 0.0235. The molecule has 3 atom stereocenters. The van der Waals surface area contributed by atoms with Crippen molar-refractivity contribution in [2.75, 3.05) is 19.8 Å². The summed E-state index contributed by atoms with van der Waals surface area (Å²) in [5.41, 5.74) is 3.97. The van der Waals surface area contributed by atoms with Gasteiger partial charge in [-0.1, -0.05) is 13.0 Å². The van der Waals surface area contributed by atoms with Crippen molar-refractivity contribution in [3.63, 3.8) is 0 Å². The molecule has 20 heavy (non-hydrogen) atoms. The Morgan fingerprint density at radius 2 is 2.00 bits per heavy atom. The van der Waals surface area contributed by atoms with Crippen LogP contribution in [0.2, 0.25) is 0 Å². The van der Waals surface area contributed by atoms with Crippen LogP contribution >= 0.6 is 0 Å². The molecular formula is C15H22N2O3. The number of rotatable bonds is 3. The molecule has 0 spiro atoms. The summed E-state index contributed by atoms with van der Waals surface area (Å²) >= 11 is 0. The lowest BCUT2D eigenvalue weighted by Gasteiger charge is -2.26. The number of nitrogens with two attached hydrogens (primary N) is 1. The zero-order valence-electron chi connectivity index (χ0n) is 11.8. The summed E-state index contributed by atoms with van der Waals surface area (Å²) in [6.07, 6.45) is 2.09.